The molecule has 34 heavy (non-hydrogen) atoms. The molecule has 0 radical (unpaired) electrons. The van der Waals surface area contributed by atoms with Gasteiger partial charge in [0.1, 0.15) is 5.25 Å². The Kier molecular flexibility index (Phi) is 5.32. The van der Waals surface area contributed by atoms with E-state index < -0.39 is 40.8 Å². The number of ether oxygens (including phenoxy) is 3. The van der Waals surface area contributed by atoms with Crippen LogP contribution in [0.3, 0.4) is 0 Å². The average Bonchev–Trinajstić information content (AvgIpc) is 3.08. The van der Waals surface area contributed by atoms with E-state index in [1.807, 2.05) is 0 Å². The third-order valence-corrected chi connectivity index (χ3v) is 7.32. The number of imide groups is 1. The summed E-state index contributed by atoms with van der Waals surface area (Å²) in [7, 11) is 1.22. The molecule has 0 unspecified atom stereocenters. The number of amides is 2. The van der Waals surface area contributed by atoms with Gasteiger partial charge in [-0.1, -0.05) is 36.0 Å². The van der Waals surface area contributed by atoms with Crippen LogP contribution in [0.2, 0.25) is 0 Å². The third-order valence-electron chi connectivity index (χ3n) is 6.09. The zero-order valence-electron chi connectivity index (χ0n) is 18.3. The number of rotatable bonds is 4. The van der Waals surface area contributed by atoms with E-state index in [1.165, 1.54) is 19.2 Å². The fourth-order valence-electron chi connectivity index (χ4n) is 4.71. The van der Waals surface area contributed by atoms with Crippen LogP contribution in [-0.4, -0.2) is 42.7 Å². The standard InChI is InChI=1S/C24H20N2O7S/c1-3-32-14-10-6-8-12-15-16-19(34-20(25)17(15)24(30)33-18(12)14)22(28)26(21(16)27)13-9-5-4-7-11(13)23(29)31-2/h4-10,15-16,19H,3,25H2,1-2H3/t15-,16-,19-/m1/s1. The van der Waals surface area contributed by atoms with Crippen LogP contribution in [0, 0.1) is 5.92 Å². The number of nitrogens with two attached hydrogens (primary N) is 1. The number of methoxy groups -OCH3 is 1. The minimum absolute atomic E-state index is 0.0820. The monoisotopic (exact) mass is 480 g/mol. The van der Waals surface area contributed by atoms with E-state index in [2.05, 4.69) is 0 Å². The first-order chi connectivity index (χ1) is 16.4. The van der Waals surface area contributed by atoms with Crippen molar-refractivity contribution in [1.29, 1.82) is 0 Å². The van der Waals surface area contributed by atoms with Crippen LogP contribution in [0.5, 0.6) is 11.5 Å². The van der Waals surface area contributed by atoms with Gasteiger partial charge in [-0.05, 0) is 25.1 Å². The Bertz CT molecular complexity index is 1290. The Hall–Kier alpha value is -3.79. The number of anilines is 1. The van der Waals surface area contributed by atoms with Gasteiger partial charge in [0.25, 0.3) is 0 Å². The first-order valence-electron chi connectivity index (χ1n) is 10.6. The van der Waals surface area contributed by atoms with Gasteiger partial charge >= 0.3 is 11.9 Å². The number of hydrogen-bond acceptors (Lipinski definition) is 9. The molecule has 3 aliphatic heterocycles. The van der Waals surface area contributed by atoms with Crippen molar-refractivity contribution in [1.82, 2.24) is 0 Å². The van der Waals surface area contributed by atoms with Gasteiger partial charge in [-0.2, -0.15) is 0 Å². The van der Waals surface area contributed by atoms with Crippen molar-refractivity contribution >= 4 is 41.2 Å². The van der Waals surface area contributed by atoms with Crippen LogP contribution in [0.15, 0.2) is 53.1 Å². The van der Waals surface area contributed by atoms with Gasteiger partial charge in [0.2, 0.25) is 11.8 Å². The summed E-state index contributed by atoms with van der Waals surface area (Å²) in [5.41, 5.74) is 7.14. The van der Waals surface area contributed by atoms with Crippen molar-refractivity contribution in [2.24, 2.45) is 11.7 Å². The molecular formula is C24H20N2O7S. The Morgan fingerprint density at radius 1 is 1.12 bits per heavy atom. The summed E-state index contributed by atoms with van der Waals surface area (Å²) in [5.74, 6) is -3.54. The van der Waals surface area contributed by atoms with E-state index in [4.69, 9.17) is 19.9 Å². The lowest BCUT2D eigenvalue weighted by Crippen LogP contribution is -2.40. The van der Waals surface area contributed by atoms with Gasteiger partial charge in [0.15, 0.2) is 11.5 Å². The van der Waals surface area contributed by atoms with Crippen LogP contribution in [0.1, 0.15) is 28.8 Å². The molecule has 3 atom stereocenters. The van der Waals surface area contributed by atoms with Crippen LogP contribution < -0.4 is 20.1 Å². The molecule has 3 aliphatic rings. The fourth-order valence-corrected chi connectivity index (χ4v) is 5.95. The topological polar surface area (TPSA) is 125 Å². The predicted octanol–water partition coefficient (Wildman–Crippen LogP) is 2.35. The molecule has 2 aromatic rings. The molecule has 2 N–H and O–H groups in total. The molecule has 0 aliphatic carbocycles. The van der Waals surface area contributed by atoms with Crippen molar-refractivity contribution in [3.63, 3.8) is 0 Å². The zero-order valence-corrected chi connectivity index (χ0v) is 19.1. The summed E-state index contributed by atoms with van der Waals surface area (Å²) in [6.45, 7) is 2.15. The van der Waals surface area contributed by atoms with Gasteiger partial charge in [0, 0.05) is 11.5 Å². The number of carbonyl (C=O) groups excluding carboxylic acids is 4. The normalized spacial score (nSPS) is 23.2. The summed E-state index contributed by atoms with van der Waals surface area (Å²) in [4.78, 5) is 53.6. The number of carbonyl (C=O) groups is 4. The lowest BCUT2D eigenvalue weighted by Gasteiger charge is -2.36. The molecule has 0 bridgehead atoms. The Morgan fingerprint density at radius 3 is 2.62 bits per heavy atom. The van der Waals surface area contributed by atoms with Crippen molar-refractivity contribution in [3.05, 3.63) is 64.2 Å². The second kappa shape index (κ2) is 8.21. The summed E-state index contributed by atoms with van der Waals surface area (Å²) >= 11 is 0.963. The maximum absolute atomic E-state index is 13.8. The minimum atomic E-state index is -0.922. The molecule has 9 nitrogen and oxygen atoms in total. The molecule has 2 amide bonds. The van der Waals surface area contributed by atoms with Gasteiger partial charge in [-0.15, -0.1) is 0 Å². The van der Waals surface area contributed by atoms with Crippen LogP contribution in [0.4, 0.5) is 5.69 Å². The molecule has 5 rings (SSSR count). The lowest BCUT2D eigenvalue weighted by atomic mass is 9.77. The lowest BCUT2D eigenvalue weighted by molar-refractivity contribution is -0.132. The molecule has 3 heterocycles. The molecule has 10 heteroatoms. The minimum Gasteiger partial charge on any atom is -0.490 e. The zero-order chi connectivity index (χ0) is 24.1. The van der Waals surface area contributed by atoms with Crippen molar-refractivity contribution in [2.75, 3.05) is 18.6 Å². The molecule has 174 valence electrons. The highest BCUT2D eigenvalue weighted by Gasteiger charge is 2.59. The van der Waals surface area contributed by atoms with E-state index in [-0.39, 0.29) is 27.6 Å². The Labute approximate surface area is 198 Å². The number of esters is 2. The van der Waals surface area contributed by atoms with Gasteiger partial charge in [-0.3, -0.25) is 9.59 Å². The highest BCUT2D eigenvalue weighted by Crippen LogP contribution is 2.56. The molecule has 0 aromatic heterocycles. The number of hydrogen-bond donors (Lipinski definition) is 1. The van der Waals surface area contributed by atoms with E-state index in [1.54, 1.807) is 37.3 Å². The van der Waals surface area contributed by atoms with E-state index in [9.17, 15) is 19.2 Å². The van der Waals surface area contributed by atoms with Crippen LogP contribution in [0.25, 0.3) is 0 Å². The van der Waals surface area contributed by atoms with Gasteiger partial charge in [-0.25, -0.2) is 14.5 Å². The molecule has 1 saturated heterocycles. The number of para-hydroxylation sites is 2. The van der Waals surface area contributed by atoms with Crippen molar-refractivity contribution < 1.29 is 33.4 Å². The van der Waals surface area contributed by atoms with Crippen molar-refractivity contribution in [3.8, 4) is 11.5 Å². The maximum atomic E-state index is 13.8. The van der Waals surface area contributed by atoms with E-state index >= 15 is 0 Å². The number of benzene rings is 2. The summed E-state index contributed by atoms with van der Waals surface area (Å²) < 4.78 is 16.0. The second-order valence-electron chi connectivity index (χ2n) is 7.84. The maximum Gasteiger partial charge on any atom is 0.342 e. The Balaban J connectivity index is 1.66. The Morgan fingerprint density at radius 2 is 1.88 bits per heavy atom. The van der Waals surface area contributed by atoms with Crippen molar-refractivity contribution in [2.45, 2.75) is 18.1 Å². The largest absolute Gasteiger partial charge is 0.490 e. The van der Waals surface area contributed by atoms with E-state index in [0.717, 1.165) is 16.7 Å². The number of nitrogens with zero attached hydrogens (tertiary/aromatic N) is 1. The quantitative estimate of drug-likeness (QED) is 0.399. The number of thioether (sulfide) groups is 1. The molecule has 2 aromatic carbocycles. The number of fused-ring (bicyclic) bond motifs is 5. The predicted molar refractivity (Wildman–Crippen MR) is 122 cm³/mol. The van der Waals surface area contributed by atoms with E-state index in [0.29, 0.717) is 17.9 Å². The van der Waals surface area contributed by atoms with Gasteiger partial charge in [0.05, 0.1) is 41.5 Å². The first kappa shape index (κ1) is 22.0. The van der Waals surface area contributed by atoms with Gasteiger partial charge < -0.3 is 19.9 Å². The molecule has 1 fully saturated rings. The average molecular weight is 480 g/mol. The molecular weight excluding hydrogens is 460 g/mol. The highest BCUT2D eigenvalue weighted by atomic mass is 32.2. The molecule has 0 spiro atoms. The smallest absolute Gasteiger partial charge is 0.342 e. The third kappa shape index (κ3) is 3.09. The first-order valence-corrected chi connectivity index (χ1v) is 11.5. The molecule has 0 saturated carbocycles. The van der Waals surface area contributed by atoms with Crippen LogP contribution in [-0.2, 0) is 19.1 Å². The summed E-state index contributed by atoms with van der Waals surface area (Å²) in [6, 6.07) is 11.4. The summed E-state index contributed by atoms with van der Waals surface area (Å²) in [6.07, 6.45) is 0. The summed E-state index contributed by atoms with van der Waals surface area (Å²) in [5, 5.41) is -0.741. The van der Waals surface area contributed by atoms with Crippen LogP contribution >= 0.6 is 11.8 Å². The highest BCUT2D eigenvalue weighted by molar-refractivity contribution is 8.04. The fraction of sp³-hybridized carbons (Fsp3) is 0.250. The second-order valence-corrected chi connectivity index (χ2v) is 9.02. The SMILES string of the molecule is CCOc1cccc2c1OC(=O)C1=C(N)S[C@H]3C(=O)N(c4ccccc4C(=O)OC)C(=O)[C@@H]3[C@H]12.